The molecular weight excluding hydrogens is 893 g/mol. The monoisotopic (exact) mass is 938 g/mol. The van der Waals surface area contributed by atoms with Gasteiger partial charge in [0, 0.05) is 43.9 Å². The maximum Gasteiger partial charge on any atom is 0.0727 e. The van der Waals surface area contributed by atoms with Gasteiger partial charge in [-0.1, -0.05) is 158 Å². The van der Waals surface area contributed by atoms with E-state index >= 15 is 0 Å². The minimum absolute atomic E-state index is 0.664. The first-order valence-corrected chi connectivity index (χ1v) is 25.4. The highest BCUT2D eigenvalue weighted by Gasteiger charge is 2.53. The molecule has 0 aliphatic heterocycles. The minimum atomic E-state index is -0.664. The van der Waals surface area contributed by atoms with Crippen molar-refractivity contribution < 1.29 is 0 Å². The Balaban J connectivity index is 1.06. The van der Waals surface area contributed by atoms with Crippen molar-refractivity contribution in [2.75, 3.05) is 9.80 Å². The third-order valence-electron chi connectivity index (χ3n) is 14.9. The van der Waals surface area contributed by atoms with Gasteiger partial charge in [0.2, 0.25) is 0 Å². The van der Waals surface area contributed by atoms with Crippen LogP contribution in [-0.2, 0) is 5.41 Å². The van der Waals surface area contributed by atoms with Gasteiger partial charge in [-0.2, -0.15) is 0 Å². The van der Waals surface area contributed by atoms with E-state index in [2.05, 4.69) is 247 Å². The van der Waals surface area contributed by atoms with E-state index in [-0.39, 0.29) is 0 Å². The molecule has 0 atom stereocenters. The Kier molecular flexibility index (Phi) is 9.70. The molecule has 340 valence electrons. The van der Waals surface area contributed by atoms with E-state index in [9.17, 15) is 0 Å². The molecule has 3 heterocycles. The molecule has 2 aliphatic carbocycles. The van der Waals surface area contributed by atoms with E-state index in [1.165, 1.54) is 86.9 Å². The van der Waals surface area contributed by atoms with Crippen LogP contribution in [0, 0.1) is 13.8 Å². The highest BCUT2D eigenvalue weighted by Crippen LogP contribution is 2.66. The van der Waals surface area contributed by atoms with Gasteiger partial charge >= 0.3 is 0 Å². The van der Waals surface area contributed by atoms with Crippen molar-refractivity contribution in [1.29, 1.82) is 0 Å². The number of aryl methyl sites for hydroxylation is 2. The zero-order valence-corrected chi connectivity index (χ0v) is 40.6. The summed E-state index contributed by atoms with van der Waals surface area (Å²) in [5.41, 5.74) is 22.5. The highest BCUT2D eigenvalue weighted by molar-refractivity contribution is 7.26. The van der Waals surface area contributed by atoms with Crippen LogP contribution in [0.4, 0.5) is 34.1 Å². The summed E-state index contributed by atoms with van der Waals surface area (Å²) in [5, 5.41) is 2.53. The predicted molar refractivity (Wildman–Crippen MR) is 301 cm³/mol. The molecule has 0 N–H and O–H groups in total. The van der Waals surface area contributed by atoms with Gasteiger partial charge in [0.25, 0.3) is 0 Å². The summed E-state index contributed by atoms with van der Waals surface area (Å²) in [6.45, 7) is 4.11. The summed E-state index contributed by atoms with van der Waals surface area (Å²) in [5.74, 6) is 0. The number of anilines is 6. The molecule has 0 saturated heterocycles. The van der Waals surface area contributed by atoms with Gasteiger partial charge in [0.1, 0.15) is 0 Å². The topological polar surface area (TPSA) is 32.3 Å². The van der Waals surface area contributed by atoms with Crippen LogP contribution in [0.15, 0.2) is 243 Å². The zero-order chi connectivity index (χ0) is 47.9. The van der Waals surface area contributed by atoms with Crippen molar-refractivity contribution in [3.63, 3.8) is 0 Å². The SMILES string of the molecule is Cc1ccc(N(c2ccc(-c3ccccc3)cc2)c2ccc3c(c2)C2(c4ccccc4-c4ccccc42)c2cc(N(c4ccc(-c5ccccc5)cc4)c4ccc(C)nc4)c4sc5ccccc5c4c2-3)cn1. The third kappa shape index (κ3) is 6.44. The fraction of sp³-hybridized carbons (Fsp3) is 0.0448. The molecule has 0 unspecified atom stereocenters. The summed E-state index contributed by atoms with van der Waals surface area (Å²) in [7, 11) is 0. The van der Waals surface area contributed by atoms with E-state index in [0.717, 1.165) is 45.5 Å². The minimum Gasteiger partial charge on any atom is -0.309 e. The molecular formula is C67H46N4S. The number of thiophene rings is 1. The standard InChI is InChI=1S/C67H46N4S/c1-43-25-31-52(41-68-43)70(49-33-27-47(28-34-49)45-15-5-3-6-16-45)51-37-38-56-60(39-51)67(58-22-12-9-19-54(58)55-20-10-13-23-59(55)67)61-40-62(66-65(64(56)61)57-21-11-14-24-63(57)72-66)71(53-32-26-44(2)69-42-53)50-35-29-48(30-36-50)46-17-7-4-8-18-46/h3-42H,1-2H3. The quantitative estimate of drug-likeness (QED) is 0.152. The Morgan fingerprint density at radius 2 is 0.861 bits per heavy atom. The Morgan fingerprint density at radius 1 is 0.375 bits per heavy atom. The molecule has 0 amide bonds. The number of hydrogen-bond donors (Lipinski definition) is 0. The molecule has 0 radical (unpaired) electrons. The van der Waals surface area contributed by atoms with Crippen LogP contribution in [0.5, 0.6) is 0 Å². The molecule has 9 aromatic carbocycles. The number of fused-ring (bicyclic) bond motifs is 14. The van der Waals surface area contributed by atoms with Crippen LogP contribution < -0.4 is 9.80 Å². The van der Waals surface area contributed by atoms with Crippen molar-refractivity contribution in [1.82, 2.24) is 9.97 Å². The van der Waals surface area contributed by atoms with Gasteiger partial charge in [-0.15, -0.1) is 11.3 Å². The average Bonchev–Trinajstić information content (AvgIpc) is 4.08. The van der Waals surface area contributed by atoms with Crippen molar-refractivity contribution in [2.45, 2.75) is 19.3 Å². The number of nitrogens with zero attached hydrogens (tertiary/aromatic N) is 4. The largest absolute Gasteiger partial charge is 0.309 e. The zero-order valence-electron chi connectivity index (χ0n) is 39.8. The van der Waals surface area contributed by atoms with E-state index in [1.54, 1.807) is 0 Å². The normalized spacial score (nSPS) is 12.7. The van der Waals surface area contributed by atoms with Crippen LogP contribution >= 0.6 is 11.3 Å². The molecule has 0 saturated carbocycles. The number of pyridine rings is 2. The Bertz CT molecular complexity index is 3990. The Labute approximate surface area is 423 Å². The second-order valence-corrected chi connectivity index (χ2v) is 20.1. The van der Waals surface area contributed by atoms with Crippen LogP contribution in [0.2, 0.25) is 0 Å². The lowest BCUT2D eigenvalue weighted by Crippen LogP contribution is -2.26. The van der Waals surface area contributed by atoms with Crippen molar-refractivity contribution >= 4 is 65.6 Å². The molecule has 12 aromatic rings. The maximum atomic E-state index is 4.93. The summed E-state index contributed by atoms with van der Waals surface area (Å²) < 4.78 is 2.49. The number of hydrogen-bond acceptors (Lipinski definition) is 5. The van der Waals surface area contributed by atoms with Crippen LogP contribution in [0.1, 0.15) is 33.6 Å². The average molecular weight is 939 g/mol. The van der Waals surface area contributed by atoms with Gasteiger partial charge in [0.05, 0.1) is 39.6 Å². The van der Waals surface area contributed by atoms with Crippen LogP contribution in [-0.4, -0.2) is 9.97 Å². The summed E-state index contributed by atoms with van der Waals surface area (Å²) in [6, 6.07) is 84.9. The first-order chi connectivity index (χ1) is 35.5. The third-order valence-corrected chi connectivity index (χ3v) is 16.1. The second-order valence-electron chi connectivity index (χ2n) is 19.0. The van der Waals surface area contributed by atoms with Crippen molar-refractivity contribution in [3.05, 3.63) is 277 Å². The van der Waals surface area contributed by atoms with E-state index in [4.69, 9.17) is 9.97 Å². The predicted octanol–water partition coefficient (Wildman–Crippen LogP) is 18.1. The molecule has 14 rings (SSSR count). The van der Waals surface area contributed by atoms with Crippen LogP contribution in [0.3, 0.4) is 0 Å². The van der Waals surface area contributed by atoms with Gasteiger partial charge < -0.3 is 9.80 Å². The molecule has 5 heteroatoms. The second kappa shape index (κ2) is 16.6. The first kappa shape index (κ1) is 42.0. The fourth-order valence-electron chi connectivity index (χ4n) is 11.7. The molecule has 0 bridgehead atoms. The molecule has 4 nitrogen and oxygen atoms in total. The van der Waals surface area contributed by atoms with E-state index in [0.29, 0.717) is 0 Å². The lowest BCUT2D eigenvalue weighted by molar-refractivity contribution is 0.794. The lowest BCUT2D eigenvalue weighted by Gasteiger charge is -2.33. The summed E-state index contributed by atoms with van der Waals surface area (Å²) in [4.78, 5) is 14.6. The van der Waals surface area contributed by atoms with E-state index in [1.807, 2.05) is 30.7 Å². The summed E-state index contributed by atoms with van der Waals surface area (Å²) in [6.07, 6.45) is 4.04. The van der Waals surface area contributed by atoms with E-state index < -0.39 is 5.41 Å². The van der Waals surface area contributed by atoms with Gasteiger partial charge in [-0.25, -0.2) is 0 Å². The smallest absolute Gasteiger partial charge is 0.0727 e. The first-order valence-electron chi connectivity index (χ1n) is 24.6. The fourth-order valence-corrected chi connectivity index (χ4v) is 12.9. The molecule has 3 aromatic heterocycles. The molecule has 0 fully saturated rings. The highest BCUT2D eigenvalue weighted by atomic mass is 32.1. The Morgan fingerprint density at radius 3 is 1.44 bits per heavy atom. The number of aromatic nitrogens is 2. The number of rotatable bonds is 8. The molecule has 2 aliphatic rings. The maximum absolute atomic E-state index is 4.93. The number of benzene rings is 9. The van der Waals surface area contributed by atoms with Gasteiger partial charge in [0.15, 0.2) is 0 Å². The lowest BCUT2D eigenvalue weighted by atomic mass is 9.70. The van der Waals surface area contributed by atoms with Crippen molar-refractivity contribution in [3.8, 4) is 44.5 Å². The molecule has 1 spiro atoms. The van der Waals surface area contributed by atoms with Gasteiger partial charge in [-0.05, 0) is 153 Å². The van der Waals surface area contributed by atoms with Crippen molar-refractivity contribution in [2.24, 2.45) is 0 Å². The molecule has 72 heavy (non-hydrogen) atoms. The summed E-state index contributed by atoms with van der Waals surface area (Å²) >= 11 is 1.88. The van der Waals surface area contributed by atoms with Crippen LogP contribution in [0.25, 0.3) is 64.7 Å². The Hall–Kier alpha value is -8.90. The van der Waals surface area contributed by atoms with Gasteiger partial charge in [-0.3, -0.25) is 9.97 Å².